The van der Waals surface area contributed by atoms with Crippen molar-refractivity contribution in [2.45, 2.75) is 42.9 Å². The third-order valence-electron chi connectivity index (χ3n) is 3.55. The van der Waals surface area contributed by atoms with Gasteiger partial charge in [-0.2, -0.15) is 0 Å². The summed E-state index contributed by atoms with van der Waals surface area (Å²) in [4.78, 5) is 1.64. The fourth-order valence-corrected chi connectivity index (χ4v) is 2.85. The second-order valence-corrected chi connectivity index (χ2v) is 4.31. The Morgan fingerprint density at radius 2 is 1.67 bits per heavy atom. The molecule has 2 saturated heterocycles. The molecule has 6 nitrogen and oxygen atoms in total. The predicted molar refractivity (Wildman–Crippen MR) is 50.0 cm³/mol. The number of rotatable bonds is 2. The van der Waals surface area contributed by atoms with Crippen LogP contribution in [-0.4, -0.2) is 80.1 Å². The number of aliphatic hydroxyl groups is 5. The van der Waals surface area contributed by atoms with Crippen molar-refractivity contribution in [2.75, 3.05) is 13.2 Å². The van der Waals surface area contributed by atoms with E-state index in [1.807, 2.05) is 0 Å². The molecule has 88 valence electrons. The maximum absolute atomic E-state index is 9.71. The first kappa shape index (κ1) is 11.3. The number of hydrogen-bond acceptors (Lipinski definition) is 6. The van der Waals surface area contributed by atoms with Gasteiger partial charge in [0.15, 0.2) is 0 Å². The molecule has 6 heteroatoms. The van der Waals surface area contributed by atoms with Crippen LogP contribution in [0.1, 0.15) is 6.42 Å². The van der Waals surface area contributed by atoms with Gasteiger partial charge in [0, 0.05) is 6.04 Å². The standard InChI is InChI=1S/C9H17NO5/c11-2-4-1-6(13)7-9(15)8(14)5(3-12)10(4)7/h4-9,11-15H,1-3H2/t4-,5-,6+,7-,8-,9+/m1/s1. The molecule has 0 radical (unpaired) electrons. The van der Waals surface area contributed by atoms with E-state index >= 15 is 0 Å². The molecule has 2 fully saturated rings. The van der Waals surface area contributed by atoms with Gasteiger partial charge in [-0.25, -0.2) is 0 Å². The molecule has 0 amide bonds. The average Bonchev–Trinajstić information content (AvgIpc) is 2.67. The first-order valence-electron chi connectivity index (χ1n) is 5.15. The molecule has 0 aromatic rings. The molecule has 0 aromatic carbocycles. The SMILES string of the molecule is OC[C@H]1C[C@H](O)[C@@H]2[C@H](O)[C@H](O)[C@@H](CO)N12. The smallest absolute Gasteiger partial charge is 0.0995 e. The number of fused-ring (bicyclic) bond motifs is 1. The summed E-state index contributed by atoms with van der Waals surface area (Å²) in [6, 6.07) is -1.47. The van der Waals surface area contributed by atoms with Crippen LogP contribution in [0, 0.1) is 0 Å². The van der Waals surface area contributed by atoms with Crippen LogP contribution in [0.25, 0.3) is 0 Å². The highest BCUT2D eigenvalue weighted by molar-refractivity contribution is 5.10. The number of aliphatic hydroxyl groups excluding tert-OH is 5. The lowest BCUT2D eigenvalue weighted by Gasteiger charge is -2.28. The van der Waals surface area contributed by atoms with Crippen LogP contribution in [-0.2, 0) is 0 Å². The monoisotopic (exact) mass is 219 g/mol. The van der Waals surface area contributed by atoms with Gasteiger partial charge in [-0.3, -0.25) is 4.90 Å². The van der Waals surface area contributed by atoms with E-state index in [-0.39, 0.29) is 19.3 Å². The van der Waals surface area contributed by atoms with Gasteiger partial charge >= 0.3 is 0 Å². The molecule has 0 aliphatic carbocycles. The fourth-order valence-electron chi connectivity index (χ4n) is 2.85. The Morgan fingerprint density at radius 3 is 2.20 bits per heavy atom. The first-order valence-corrected chi connectivity index (χ1v) is 5.15. The van der Waals surface area contributed by atoms with Gasteiger partial charge < -0.3 is 25.5 Å². The molecule has 2 rings (SSSR count). The van der Waals surface area contributed by atoms with Gasteiger partial charge in [-0.15, -0.1) is 0 Å². The van der Waals surface area contributed by atoms with Crippen molar-refractivity contribution >= 4 is 0 Å². The molecule has 6 atom stereocenters. The molecule has 0 unspecified atom stereocenters. The molecule has 0 saturated carbocycles. The lowest BCUT2D eigenvalue weighted by Crippen LogP contribution is -2.45. The Bertz CT molecular complexity index is 239. The second-order valence-electron chi connectivity index (χ2n) is 4.31. The minimum atomic E-state index is -1.07. The molecule has 2 aliphatic rings. The van der Waals surface area contributed by atoms with Crippen molar-refractivity contribution in [3.05, 3.63) is 0 Å². The molecule has 2 aliphatic heterocycles. The quantitative estimate of drug-likeness (QED) is 0.336. The number of hydrogen-bond donors (Lipinski definition) is 5. The Labute approximate surface area is 87.4 Å². The van der Waals surface area contributed by atoms with Crippen molar-refractivity contribution in [3.63, 3.8) is 0 Å². The van der Waals surface area contributed by atoms with Crippen molar-refractivity contribution in [3.8, 4) is 0 Å². The zero-order chi connectivity index (χ0) is 11.2. The van der Waals surface area contributed by atoms with Gasteiger partial charge in [0.2, 0.25) is 0 Å². The molecular formula is C9H17NO5. The summed E-state index contributed by atoms with van der Waals surface area (Å²) in [6.07, 6.45) is -2.53. The average molecular weight is 219 g/mol. The Morgan fingerprint density at radius 1 is 1.00 bits per heavy atom. The topological polar surface area (TPSA) is 104 Å². The van der Waals surface area contributed by atoms with Crippen molar-refractivity contribution in [1.82, 2.24) is 4.90 Å². The van der Waals surface area contributed by atoms with Gasteiger partial charge in [0.25, 0.3) is 0 Å². The van der Waals surface area contributed by atoms with Crippen LogP contribution >= 0.6 is 0 Å². The van der Waals surface area contributed by atoms with E-state index in [2.05, 4.69) is 0 Å². The van der Waals surface area contributed by atoms with Gasteiger partial charge in [0.1, 0.15) is 0 Å². The molecular weight excluding hydrogens is 202 g/mol. The van der Waals surface area contributed by atoms with Crippen LogP contribution in [0.2, 0.25) is 0 Å². The molecule has 0 spiro atoms. The lowest BCUT2D eigenvalue weighted by molar-refractivity contribution is -0.00253. The van der Waals surface area contributed by atoms with Crippen molar-refractivity contribution in [1.29, 1.82) is 0 Å². The summed E-state index contributed by atoms with van der Waals surface area (Å²) in [7, 11) is 0. The number of nitrogens with zero attached hydrogens (tertiary/aromatic N) is 1. The summed E-state index contributed by atoms with van der Waals surface area (Å²) in [5.41, 5.74) is 0. The van der Waals surface area contributed by atoms with E-state index in [0.29, 0.717) is 6.42 Å². The van der Waals surface area contributed by atoms with E-state index in [4.69, 9.17) is 10.2 Å². The fraction of sp³-hybridized carbons (Fsp3) is 1.00. The summed E-state index contributed by atoms with van der Waals surface area (Å²) < 4.78 is 0. The second kappa shape index (κ2) is 3.97. The van der Waals surface area contributed by atoms with E-state index in [9.17, 15) is 15.3 Å². The van der Waals surface area contributed by atoms with Crippen molar-refractivity contribution in [2.24, 2.45) is 0 Å². The first-order chi connectivity index (χ1) is 7.11. The van der Waals surface area contributed by atoms with Crippen LogP contribution in [0.3, 0.4) is 0 Å². The third-order valence-corrected chi connectivity index (χ3v) is 3.55. The molecule has 5 N–H and O–H groups in total. The molecule has 0 aromatic heterocycles. The Balaban J connectivity index is 2.24. The molecule has 15 heavy (non-hydrogen) atoms. The third kappa shape index (κ3) is 1.49. The Kier molecular flexibility index (Phi) is 2.98. The van der Waals surface area contributed by atoms with Gasteiger partial charge in [-0.05, 0) is 6.42 Å². The van der Waals surface area contributed by atoms with E-state index < -0.39 is 30.4 Å². The lowest BCUT2D eigenvalue weighted by atomic mass is 10.0. The molecule has 0 bridgehead atoms. The van der Waals surface area contributed by atoms with E-state index in [1.54, 1.807) is 4.90 Å². The largest absolute Gasteiger partial charge is 0.395 e. The van der Waals surface area contributed by atoms with Crippen LogP contribution in [0.15, 0.2) is 0 Å². The normalized spacial score (nSPS) is 51.0. The van der Waals surface area contributed by atoms with Crippen LogP contribution in [0.5, 0.6) is 0 Å². The molecule has 2 heterocycles. The summed E-state index contributed by atoms with van der Waals surface area (Å²) >= 11 is 0. The highest BCUT2D eigenvalue weighted by Gasteiger charge is 2.56. The van der Waals surface area contributed by atoms with Gasteiger partial charge in [-0.1, -0.05) is 0 Å². The zero-order valence-electron chi connectivity index (χ0n) is 8.27. The van der Waals surface area contributed by atoms with E-state index in [0.717, 1.165) is 0 Å². The van der Waals surface area contributed by atoms with Crippen LogP contribution < -0.4 is 0 Å². The summed E-state index contributed by atoms with van der Waals surface area (Å²) in [5.74, 6) is 0. The van der Waals surface area contributed by atoms with Crippen molar-refractivity contribution < 1.29 is 25.5 Å². The highest BCUT2D eigenvalue weighted by Crippen LogP contribution is 2.37. The Hall–Kier alpha value is -0.240. The minimum Gasteiger partial charge on any atom is -0.395 e. The van der Waals surface area contributed by atoms with E-state index in [1.165, 1.54) is 0 Å². The minimum absolute atomic E-state index is 0.149. The summed E-state index contributed by atoms with van der Waals surface area (Å²) in [5, 5.41) is 47.3. The zero-order valence-corrected chi connectivity index (χ0v) is 8.27. The van der Waals surface area contributed by atoms with Crippen LogP contribution in [0.4, 0.5) is 0 Å². The maximum atomic E-state index is 9.71. The highest BCUT2D eigenvalue weighted by atomic mass is 16.3. The predicted octanol–water partition coefficient (Wildman–Crippen LogP) is -3.12. The summed E-state index contributed by atoms with van der Waals surface area (Å²) in [6.45, 7) is -0.443. The maximum Gasteiger partial charge on any atom is 0.0995 e. The van der Waals surface area contributed by atoms with Gasteiger partial charge in [0.05, 0.1) is 43.6 Å².